The Bertz CT molecular complexity index is 807. The lowest BCUT2D eigenvalue weighted by Crippen LogP contribution is -2.51. The van der Waals surface area contributed by atoms with E-state index in [-0.39, 0.29) is 6.04 Å². The van der Waals surface area contributed by atoms with Crippen molar-refractivity contribution in [3.8, 4) is 0 Å². The summed E-state index contributed by atoms with van der Waals surface area (Å²) in [5.41, 5.74) is 1.01. The van der Waals surface area contributed by atoms with Crippen LogP contribution in [-0.2, 0) is 4.79 Å². The molecule has 0 aliphatic carbocycles. The van der Waals surface area contributed by atoms with E-state index in [1.807, 2.05) is 12.1 Å². The number of hydrogen-bond acceptors (Lipinski definition) is 4. The number of fused-ring (bicyclic) bond motifs is 1. The number of aromatic nitrogens is 1. The molecule has 1 unspecified atom stereocenters. The lowest BCUT2D eigenvalue weighted by molar-refractivity contribution is -0.138. The van der Waals surface area contributed by atoms with Crippen LogP contribution in [0.5, 0.6) is 0 Å². The molecule has 6 heteroatoms. The molecular formula is C21H28ClN3OS. The summed E-state index contributed by atoms with van der Waals surface area (Å²) in [7, 11) is 0. The normalized spacial score (nSPS) is 21.7. The molecule has 2 saturated heterocycles. The number of amides is 1. The molecule has 0 radical (unpaired) electrons. The molecule has 2 aromatic rings. The van der Waals surface area contributed by atoms with E-state index in [1.165, 1.54) is 9.71 Å². The summed E-state index contributed by atoms with van der Waals surface area (Å²) in [4.78, 5) is 22.1. The molecular weight excluding hydrogens is 378 g/mol. The monoisotopic (exact) mass is 405 g/mol. The van der Waals surface area contributed by atoms with E-state index < -0.39 is 0 Å². The summed E-state index contributed by atoms with van der Waals surface area (Å²) in [5, 5.41) is 1.96. The van der Waals surface area contributed by atoms with Crippen LogP contribution in [0.4, 0.5) is 0 Å². The van der Waals surface area contributed by atoms with Crippen LogP contribution in [0.3, 0.4) is 0 Å². The number of nitrogens with zero attached hydrogens (tertiary/aromatic N) is 3. The third kappa shape index (κ3) is 4.15. The number of carbonyl (C=O) groups is 1. The third-order valence-electron chi connectivity index (χ3n) is 6.25. The zero-order valence-electron chi connectivity index (χ0n) is 16.2. The highest BCUT2D eigenvalue weighted by Gasteiger charge is 2.31. The van der Waals surface area contributed by atoms with Crippen molar-refractivity contribution < 1.29 is 4.79 Å². The number of rotatable bonds is 3. The fourth-order valence-electron chi connectivity index (χ4n) is 4.28. The van der Waals surface area contributed by atoms with Crippen molar-refractivity contribution >= 4 is 39.1 Å². The zero-order chi connectivity index (χ0) is 19.0. The number of piperidine rings is 2. The fourth-order valence-corrected chi connectivity index (χ4v) is 5.56. The molecule has 2 aliphatic rings. The van der Waals surface area contributed by atoms with Gasteiger partial charge in [0.1, 0.15) is 0 Å². The molecule has 0 bridgehead atoms. The van der Waals surface area contributed by atoms with Gasteiger partial charge in [-0.05, 0) is 69.8 Å². The van der Waals surface area contributed by atoms with Crippen molar-refractivity contribution in [2.75, 3.05) is 26.2 Å². The van der Waals surface area contributed by atoms with Gasteiger partial charge in [-0.15, -0.1) is 11.3 Å². The molecule has 27 heavy (non-hydrogen) atoms. The lowest BCUT2D eigenvalue weighted by atomic mass is 9.95. The van der Waals surface area contributed by atoms with Crippen molar-refractivity contribution in [3.63, 3.8) is 0 Å². The molecule has 4 nitrogen and oxygen atoms in total. The van der Waals surface area contributed by atoms with Crippen LogP contribution >= 0.6 is 22.9 Å². The Hall–Kier alpha value is -1.17. The largest absolute Gasteiger partial charge is 0.341 e. The number of hydrogen-bond donors (Lipinski definition) is 0. The standard InChI is InChI=1S/C21H28ClN3OS/c1-14-5-9-25(10-6-14)21(26)15(2)24-11-7-16(8-12-24)20-23-18-13-17(22)3-4-19(18)27-20/h3-4,13-16H,5-12H2,1-2H3. The number of likely N-dealkylation sites (tertiary alicyclic amines) is 2. The van der Waals surface area contributed by atoms with E-state index >= 15 is 0 Å². The van der Waals surface area contributed by atoms with Crippen LogP contribution in [0.1, 0.15) is 50.5 Å². The van der Waals surface area contributed by atoms with Gasteiger partial charge in [0, 0.05) is 24.0 Å². The second-order valence-corrected chi connectivity index (χ2v) is 9.66. The number of carbonyl (C=O) groups excluding carboxylic acids is 1. The van der Waals surface area contributed by atoms with Gasteiger partial charge in [0.2, 0.25) is 5.91 Å². The van der Waals surface area contributed by atoms with Gasteiger partial charge in [-0.1, -0.05) is 18.5 Å². The highest BCUT2D eigenvalue weighted by molar-refractivity contribution is 7.18. The minimum absolute atomic E-state index is 0.00599. The average molecular weight is 406 g/mol. The van der Waals surface area contributed by atoms with Crippen LogP contribution in [0.15, 0.2) is 18.2 Å². The SMILES string of the molecule is CC1CCN(C(=O)C(C)N2CCC(c3nc4cc(Cl)ccc4s3)CC2)CC1. The highest BCUT2D eigenvalue weighted by Crippen LogP contribution is 2.35. The van der Waals surface area contributed by atoms with Crippen LogP contribution in [0, 0.1) is 5.92 Å². The van der Waals surface area contributed by atoms with Gasteiger partial charge in [0.15, 0.2) is 0 Å². The van der Waals surface area contributed by atoms with Gasteiger partial charge >= 0.3 is 0 Å². The summed E-state index contributed by atoms with van der Waals surface area (Å²) >= 11 is 7.88. The summed E-state index contributed by atoms with van der Waals surface area (Å²) in [6.07, 6.45) is 4.43. The van der Waals surface area contributed by atoms with Crippen molar-refractivity contribution in [1.82, 2.24) is 14.8 Å². The Morgan fingerprint density at radius 1 is 1.19 bits per heavy atom. The van der Waals surface area contributed by atoms with E-state index in [1.54, 1.807) is 11.3 Å². The lowest BCUT2D eigenvalue weighted by Gasteiger charge is -2.38. The second kappa shape index (κ2) is 8.06. The summed E-state index contributed by atoms with van der Waals surface area (Å²) in [6, 6.07) is 5.94. The van der Waals surface area contributed by atoms with E-state index in [0.717, 1.165) is 68.3 Å². The Balaban J connectivity index is 1.35. The zero-order valence-corrected chi connectivity index (χ0v) is 17.7. The van der Waals surface area contributed by atoms with E-state index in [0.29, 0.717) is 11.8 Å². The van der Waals surface area contributed by atoms with Crippen molar-refractivity contribution in [2.45, 2.75) is 51.5 Å². The molecule has 0 N–H and O–H groups in total. The maximum atomic E-state index is 12.9. The number of halogens is 1. The summed E-state index contributed by atoms with van der Waals surface area (Å²) < 4.78 is 1.21. The minimum Gasteiger partial charge on any atom is -0.341 e. The van der Waals surface area contributed by atoms with Crippen LogP contribution in [0.25, 0.3) is 10.2 Å². The van der Waals surface area contributed by atoms with Crippen molar-refractivity contribution in [1.29, 1.82) is 0 Å². The Morgan fingerprint density at radius 3 is 2.59 bits per heavy atom. The predicted octanol–water partition coefficient (Wildman–Crippen LogP) is 4.78. The molecule has 4 rings (SSSR count). The first kappa shape index (κ1) is 19.2. The molecule has 1 aromatic carbocycles. The van der Waals surface area contributed by atoms with E-state index in [2.05, 4.69) is 29.7 Å². The maximum Gasteiger partial charge on any atom is 0.239 e. The van der Waals surface area contributed by atoms with Gasteiger partial charge in [-0.2, -0.15) is 0 Å². The van der Waals surface area contributed by atoms with Gasteiger partial charge < -0.3 is 4.90 Å². The molecule has 2 aliphatic heterocycles. The van der Waals surface area contributed by atoms with Gasteiger partial charge in [-0.3, -0.25) is 9.69 Å². The molecule has 146 valence electrons. The molecule has 2 fully saturated rings. The van der Waals surface area contributed by atoms with Crippen LogP contribution < -0.4 is 0 Å². The first-order valence-corrected chi connectivity index (χ1v) is 11.3. The Morgan fingerprint density at radius 2 is 1.89 bits per heavy atom. The summed E-state index contributed by atoms with van der Waals surface area (Å²) in [5.74, 6) is 1.56. The molecule has 1 aromatic heterocycles. The van der Waals surface area contributed by atoms with Gasteiger partial charge in [0.25, 0.3) is 0 Å². The second-order valence-electron chi connectivity index (χ2n) is 8.16. The van der Waals surface area contributed by atoms with Gasteiger partial charge in [-0.25, -0.2) is 4.98 Å². The first-order valence-electron chi connectivity index (χ1n) is 10.1. The quantitative estimate of drug-likeness (QED) is 0.737. The highest BCUT2D eigenvalue weighted by atomic mass is 35.5. The minimum atomic E-state index is -0.00599. The third-order valence-corrected chi connectivity index (χ3v) is 7.68. The van der Waals surface area contributed by atoms with Crippen LogP contribution in [-0.4, -0.2) is 52.9 Å². The Kier molecular flexibility index (Phi) is 5.72. The maximum absolute atomic E-state index is 12.9. The molecule has 3 heterocycles. The fraction of sp³-hybridized carbons (Fsp3) is 0.619. The van der Waals surface area contributed by atoms with Crippen molar-refractivity contribution in [2.24, 2.45) is 5.92 Å². The van der Waals surface area contributed by atoms with Crippen molar-refractivity contribution in [3.05, 3.63) is 28.2 Å². The number of benzene rings is 1. The predicted molar refractivity (Wildman–Crippen MR) is 113 cm³/mol. The molecule has 1 amide bonds. The topological polar surface area (TPSA) is 36.4 Å². The van der Waals surface area contributed by atoms with E-state index in [4.69, 9.17) is 16.6 Å². The molecule has 0 saturated carbocycles. The Labute approximate surface area is 170 Å². The smallest absolute Gasteiger partial charge is 0.239 e. The van der Waals surface area contributed by atoms with Gasteiger partial charge in [0.05, 0.1) is 21.3 Å². The molecule has 1 atom stereocenters. The number of thiazole rings is 1. The molecule has 0 spiro atoms. The summed E-state index contributed by atoms with van der Waals surface area (Å²) in [6.45, 7) is 8.16. The van der Waals surface area contributed by atoms with E-state index in [9.17, 15) is 4.79 Å². The first-order chi connectivity index (χ1) is 13.0. The average Bonchev–Trinajstić information content (AvgIpc) is 3.11. The van der Waals surface area contributed by atoms with Crippen LogP contribution in [0.2, 0.25) is 5.02 Å².